The summed E-state index contributed by atoms with van der Waals surface area (Å²) in [5.74, 6) is -0.0164. The van der Waals surface area contributed by atoms with Crippen LogP contribution < -0.4 is 5.01 Å². The molecule has 9 heteroatoms. The van der Waals surface area contributed by atoms with Crippen LogP contribution in [0.25, 0.3) is 0 Å². The fraction of sp³-hybridized carbons (Fsp3) is 0.500. The van der Waals surface area contributed by atoms with E-state index in [0.717, 1.165) is 32.0 Å². The Hall–Kier alpha value is -2.45. The van der Waals surface area contributed by atoms with Crippen molar-refractivity contribution in [2.45, 2.75) is 44.8 Å². The number of rotatable bonds is 3. The molecule has 1 aliphatic carbocycles. The Morgan fingerprint density at radius 2 is 1.96 bits per heavy atom. The summed E-state index contributed by atoms with van der Waals surface area (Å²) in [6.07, 6.45) is 4.20. The lowest BCUT2D eigenvalue weighted by atomic mass is 9.87. The molecule has 1 aliphatic rings. The zero-order valence-electron chi connectivity index (χ0n) is 13.6. The minimum absolute atomic E-state index is 0.109. The van der Waals surface area contributed by atoms with E-state index in [-0.39, 0.29) is 11.7 Å². The molecule has 3 rings (SSSR count). The molecule has 1 saturated carbocycles. The highest BCUT2D eigenvalue weighted by Crippen LogP contribution is 2.29. The molecule has 0 bridgehead atoms. The average Bonchev–Trinajstić information content (AvgIpc) is 3.10. The smallest absolute Gasteiger partial charge is 0.265 e. The summed E-state index contributed by atoms with van der Waals surface area (Å²) >= 11 is 0. The largest absolute Gasteiger partial charge is 0.433 e. The standard InChI is InChI=1S/C16H18F3N5O/c1-11-2-4-12(5-3-11)24(23-7-6-20-10-23)15(25)13-8-14(16(17,18)19)22-9-21-13/h6-12H,2-5H2,1H3. The van der Waals surface area contributed by atoms with Gasteiger partial charge < -0.3 is 0 Å². The van der Waals surface area contributed by atoms with Crippen molar-refractivity contribution in [1.29, 1.82) is 0 Å². The Morgan fingerprint density at radius 3 is 2.56 bits per heavy atom. The predicted octanol–water partition coefficient (Wildman–Crippen LogP) is 3.05. The van der Waals surface area contributed by atoms with E-state index >= 15 is 0 Å². The van der Waals surface area contributed by atoms with Crippen molar-refractivity contribution in [3.63, 3.8) is 0 Å². The normalized spacial score (nSPS) is 21.1. The van der Waals surface area contributed by atoms with E-state index in [2.05, 4.69) is 21.9 Å². The fourth-order valence-electron chi connectivity index (χ4n) is 3.07. The molecule has 0 spiro atoms. The van der Waals surface area contributed by atoms with Gasteiger partial charge in [0.2, 0.25) is 0 Å². The highest BCUT2D eigenvalue weighted by atomic mass is 19.4. The van der Waals surface area contributed by atoms with Gasteiger partial charge in [-0.15, -0.1) is 0 Å². The summed E-state index contributed by atoms with van der Waals surface area (Å²) < 4.78 is 40.1. The average molecular weight is 353 g/mol. The Morgan fingerprint density at radius 1 is 1.24 bits per heavy atom. The van der Waals surface area contributed by atoms with Gasteiger partial charge in [-0.05, 0) is 31.6 Å². The minimum atomic E-state index is -4.63. The highest BCUT2D eigenvalue weighted by molar-refractivity contribution is 6.00. The van der Waals surface area contributed by atoms with Crippen LogP contribution in [0.2, 0.25) is 0 Å². The van der Waals surface area contributed by atoms with Crippen LogP contribution in [0.15, 0.2) is 31.1 Å². The minimum Gasteiger partial charge on any atom is -0.265 e. The van der Waals surface area contributed by atoms with Crippen LogP contribution in [-0.4, -0.2) is 31.6 Å². The van der Waals surface area contributed by atoms with Gasteiger partial charge in [-0.2, -0.15) is 13.2 Å². The number of imidazole rings is 1. The maximum absolute atomic E-state index is 12.9. The first-order valence-electron chi connectivity index (χ1n) is 8.07. The van der Waals surface area contributed by atoms with E-state index in [1.807, 2.05) is 0 Å². The van der Waals surface area contributed by atoms with Gasteiger partial charge in [0.05, 0.1) is 6.04 Å². The number of carbonyl (C=O) groups excluding carboxylic acids is 1. The molecule has 6 nitrogen and oxygen atoms in total. The van der Waals surface area contributed by atoms with Gasteiger partial charge in [0.1, 0.15) is 24.0 Å². The molecule has 0 atom stereocenters. The monoisotopic (exact) mass is 353 g/mol. The predicted molar refractivity (Wildman–Crippen MR) is 83.2 cm³/mol. The lowest BCUT2D eigenvalue weighted by Gasteiger charge is -2.36. The highest BCUT2D eigenvalue weighted by Gasteiger charge is 2.35. The van der Waals surface area contributed by atoms with Gasteiger partial charge >= 0.3 is 6.18 Å². The number of hydrogen-bond donors (Lipinski definition) is 0. The van der Waals surface area contributed by atoms with Gasteiger partial charge in [0.25, 0.3) is 5.91 Å². The van der Waals surface area contributed by atoms with E-state index in [1.165, 1.54) is 22.2 Å². The fourth-order valence-corrected chi connectivity index (χ4v) is 3.07. The van der Waals surface area contributed by atoms with Crippen molar-refractivity contribution < 1.29 is 18.0 Å². The van der Waals surface area contributed by atoms with Gasteiger partial charge in [-0.1, -0.05) is 6.92 Å². The first-order valence-corrected chi connectivity index (χ1v) is 8.07. The summed E-state index contributed by atoms with van der Waals surface area (Å²) in [7, 11) is 0. The van der Waals surface area contributed by atoms with Crippen molar-refractivity contribution in [3.05, 3.63) is 42.5 Å². The summed E-state index contributed by atoms with van der Waals surface area (Å²) in [5.41, 5.74) is -1.41. The number of carbonyl (C=O) groups is 1. The molecular formula is C16H18F3N5O. The molecule has 2 aromatic rings. The van der Waals surface area contributed by atoms with E-state index in [0.29, 0.717) is 12.0 Å². The second kappa shape index (κ2) is 6.81. The molecular weight excluding hydrogens is 335 g/mol. The summed E-state index contributed by atoms with van der Waals surface area (Å²) in [6, 6.07) is 0.583. The molecule has 0 saturated heterocycles. The molecule has 1 amide bonds. The van der Waals surface area contributed by atoms with Gasteiger partial charge in [0.15, 0.2) is 0 Å². The summed E-state index contributed by atoms with van der Waals surface area (Å²) in [4.78, 5) is 23.8. The molecule has 0 radical (unpaired) electrons. The third-order valence-corrected chi connectivity index (χ3v) is 4.46. The zero-order chi connectivity index (χ0) is 18.0. The number of alkyl halides is 3. The van der Waals surface area contributed by atoms with Crippen LogP contribution in [0.3, 0.4) is 0 Å². The maximum atomic E-state index is 12.9. The van der Waals surface area contributed by atoms with Gasteiger partial charge in [0, 0.05) is 18.5 Å². The molecule has 134 valence electrons. The van der Waals surface area contributed by atoms with E-state index in [9.17, 15) is 18.0 Å². The number of nitrogens with zero attached hydrogens (tertiary/aromatic N) is 5. The molecule has 2 aromatic heterocycles. The van der Waals surface area contributed by atoms with Crippen molar-refractivity contribution in [2.24, 2.45) is 5.92 Å². The molecule has 0 aliphatic heterocycles. The Labute approximate surface area is 142 Å². The number of hydrogen-bond acceptors (Lipinski definition) is 4. The number of aromatic nitrogens is 4. The quantitative estimate of drug-likeness (QED) is 0.851. The number of amides is 1. The van der Waals surface area contributed by atoms with Crippen LogP contribution in [0.1, 0.15) is 48.8 Å². The van der Waals surface area contributed by atoms with Crippen molar-refractivity contribution >= 4 is 5.91 Å². The van der Waals surface area contributed by atoms with Crippen LogP contribution in [-0.2, 0) is 6.18 Å². The Bertz CT molecular complexity index is 724. The van der Waals surface area contributed by atoms with E-state index in [1.54, 1.807) is 6.20 Å². The zero-order valence-corrected chi connectivity index (χ0v) is 13.6. The lowest BCUT2D eigenvalue weighted by Crippen LogP contribution is -2.49. The first-order chi connectivity index (χ1) is 11.9. The van der Waals surface area contributed by atoms with Crippen LogP contribution >= 0.6 is 0 Å². The molecule has 25 heavy (non-hydrogen) atoms. The van der Waals surface area contributed by atoms with Crippen LogP contribution in [0.5, 0.6) is 0 Å². The van der Waals surface area contributed by atoms with Crippen molar-refractivity contribution in [3.8, 4) is 0 Å². The van der Waals surface area contributed by atoms with E-state index < -0.39 is 17.8 Å². The Balaban J connectivity index is 1.92. The lowest BCUT2D eigenvalue weighted by molar-refractivity contribution is -0.141. The summed E-state index contributed by atoms with van der Waals surface area (Å²) in [6.45, 7) is 2.15. The first kappa shape index (κ1) is 17.4. The SMILES string of the molecule is CC1CCC(N(C(=O)c2cc(C(F)(F)F)ncn2)n2ccnc2)CC1. The Kier molecular flexibility index (Phi) is 4.73. The molecule has 0 unspecified atom stereocenters. The molecule has 2 heterocycles. The second-order valence-corrected chi connectivity index (χ2v) is 6.29. The molecule has 0 N–H and O–H groups in total. The number of halogens is 3. The second-order valence-electron chi connectivity index (χ2n) is 6.29. The third-order valence-electron chi connectivity index (χ3n) is 4.46. The van der Waals surface area contributed by atoms with Gasteiger partial charge in [-0.25, -0.2) is 24.6 Å². The third kappa shape index (κ3) is 3.80. The van der Waals surface area contributed by atoms with E-state index in [4.69, 9.17) is 0 Å². The topological polar surface area (TPSA) is 63.9 Å². The van der Waals surface area contributed by atoms with Crippen LogP contribution in [0.4, 0.5) is 13.2 Å². The van der Waals surface area contributed by atoms with Crippen molar-refractivity contribution in [1.82, 2.24) is 19.6 Å². The van der Waals surface area contributed by atoms with Crippen molar-refractivity contribution in [2.75, 3.05) is 5.01 Å². The van der Waals surface area contributed by atoms with Crippen LogP contribution in [0, 0.1) is 5.92 Å². The maximum Gasteiger partial charge on any atom is 0.433 e. The van der Waals surface area contributed by atoms with Gasteiger partial charge in [-0.3, -0.25) is 4.79 Å². The molecule has 0 aromatic carbocycles. The summed E-state index contributed by atoms with van der Waals surface area (Å²) in [5, 5.41) is 1.45. The molecule has 1 fully saturated rings.